The van der Waals surface area contributed by atoms with Crippen molar-refractivity contribution in [3.63, 3.8) is 0 Å². The summed E-state index contributed by atoms with van der Waals surface area (Å²) < 4.78 is 7.10. The number of nitrogens with one attached hydrogen (secondary N) is 2. The van der Waals surface area contributed by atoms with E-state index < -0.39 is 0 Å². The van der Waals surface area contributed by atoms with Crippen LogP contribution in [0, 0.1) is 6.92 Å². The van der Waals surface area contributed by atoms with E-state index in [1.54, 1.807) is 13.3 Å². The van der Waals surface area contributed by atoms with Gasteiger partial charge in [-0.15, -0.1) is 0 Å². The Balaban J connectivity index is 1.83. The first kappa shape index (κ1) is 17.5. The Morgan fingerprint density at radius 2 is 1.96 bits per heavy atom. The van der Waals surface area contributed by atoms with Crippen molar-refractivity contribution in [3.8, 4) is 5.75 Å². The number of urea groups is 1. The molecule has 0 aliphatic carbocycles. The average Bonchev–Trinajstić information content (AvgIpc) is 3.05. The lowest BCUT2D eigenvalue weighted by molar-refractivity contribution is 0.249. The quantitative estimate of drug-likeness (QED) is 0.738. The lowest BCUT2D eigenvalue weighted by Crippen LogP contribution is -2.34. The van der Waals surface area contributed by atoms with Gasteiger partial charge in [-0.2, -0.15) is 0 Å². The Bertz CT molecular complexity index is 887. The van der Waals surface area contributed by atoms with Gasteiger partial charge >= 0.3 is 6.03 Å². The van der Waals surface area contributed by atoms with Crippen LogP contribution in [-0.4, -0.2) is 22.7 Å². The molecule has 0 saturated heterocycles. The molecule has 2 N–H and O–H groups in total. The van der Waals surface area contributed by atoms with Crippen LogP contribution >= 0.6 is 0 Å². The molecular formula is C20H22N4O2. The SMILES string of the molecule is COc1ccc([C@@H](NC(=O)Nc2cccc(C)c2)c2nccn2C)cc1. The fourth-order valence-corrected chi connectivity index (χ4v) is 2.77. The molecule has 0 fully saturated rings. The molecule has 0 bridgehead atoms. The number of ether oxygens (including phenoxy) is 1. The molecular weight excluding hydrogens is 328 g/mol. The third-order valence-corrected chi connectivity index (χ3v) is 4.12. The number of aryl methyl sites for hydroxylation is 2. The van der Waals surface area contributed by atoms with E-state index in [-0.39, 0.29) is 12.1 Å². The van der Waals surface area contributed by atoms with E-state index in [4.69, 9.17) is 4.74 Å². The highest BCUT2D eigenvalue weighted by Gasteiger charge is 2.21. The molecule has 2 aromatic carbocycles. The van der Waals surface area contributed by atoms with Crippen molar-refractivity contribution in [1.82, 2.24) is 14.9 Å². The molecule has 6 heteroatoms. The Labute approximate surface area is 152 Å². The summed E-state index contributed by atoms with van der Waals surface area (Å²) in [5, 5.41) is 5.88. The second-order valence-corrected chi connectivity index (χ2v) is 6.07. The molecule has 1 aromatic heterocycles. The van der Waals surface area contributed by atoms with E-state index in [0.29, 0.717) is 0 Å². The minimum absolute atomic E-state index is 0.292. The Morgan fingerprint density at radius 1 is 1.19 bits per heavy atom. The van der Waals surface area contributed by atoms with Crippen LogP contribution < -0.4 is 15.4 Å². The minimum atomic E-state index is -0.384. The van der Waals surface area contributed by atoms with Crippen LogP contribution in [0.2, 0.25) is 0 Å². The van der Waals surface area contributed by atoms with Crippen LogP contribution in [0.5, 0.6) is 5.75 Å². The van der Waals surface area contributed by atoms with Crippen molar-refractivity contribution in [2.45, 2.75) is 13.0 Å². The van der Waals surface area contributed by atoms with E-state index in [1.165, 1.54) is 0 Å². The molecule has 0 radical (unpaired) electrons. The van der Waals surface area contributed by atoms with Gasteiger partial charge in [0.1, 0.15) is 17.6 Å². The highest BCUT2D eigenvalue weighted by molar-refractivity contribution is 5.89. The van der Waals surface area contributed by atoms with Crippen molar-refractivity contribution in [1.29, 1.82) is 0 Å². The monoisotopic (exact) mass is 350 g/mol. The number of carbonyl (C=O) groups is 1. The summed E-state index contributed by atoms with van der Waals surface area (Å²) in [5.74, 6) is 1.51. The van der Waals surface area contributed by atoms with E-state index in [9.17, 15) is 4.79 Å². The number of hydrogen-bond donors (Lipinski definition) is 2. The molecule has 0 aliphatic rings. The Kier molecular flexibility index (Phi) is 5.22. The number of amides is 2. The predicted molar refractivity (Wildman–Crippen MR) is 101 cm³/mol. The van der Waals surface area contributed by atoms with E-state index in [1.807, 2.05) is 73.3 Å². The maximum atomic E-state index is 12.6. The van der Waals surface area contributed by atoms with Gasteiger partial charge in [-0.3, -0.25) is 0 Å². The van der Waals surface area contributed by atoms with Crippen LogP contribution in [0.1, 0.15) is 23.0 Å². The predicted octanol–water partition coefficient (Wildman–Crippen LogP) is 3.65. The topological polar surface area (TPSA) is 68.2 Å². The number of carbonyl (C=O) groups excluding carboxylic acids is 1. The van der Waals surface area contributed by atoms with Gasteiger partial charge in [-0.05, 0) is 42.3 Å². The number of benzene rings is 2. The largest absolute Gasteiger partial charge is 0.497 e. The fourth-order valence-electron chi connectivity index (χ4n) is 2.77. The van der Waals surface area contributed by atoms with Gasteiger partial charge < -0.3 is 19.9 Å². The molecule has 0 aliphatic heterocycles. The molecule has 3 rings (SSSR count). The van der Waals surface area contributed by atoms with E-state index in [0.717, 1.165) is 28.4 Å². The zero-order valence-corrected chi connectivity index (χ0v) is 15.1. The summed E-state index contributed by atoms with van der Waals surface area (Å²) >= 11 is 0. The number of methoxy groups -OCH3 is 1. The number of rotatable bonds is 5. The molecule has 26 heavy (non-hydrogen) atoms. The molecule has 3 aromatic rings. The third kappa shape index (κ3) is 4.03. The van der Waals surface area contributed by atoms with Crippen molar-refractivity contribution in [2.24, 2.45) is 7.05 Å². The highest BCUT2D eigenvalue weighted by atomic mass is 16.5. The number of anilines is 1. The minimum Gasteiger partial charge on any atom is -0.497 e. The molecule has 1 atom stereocenters. The van der Waals surface area contributed by atoms with Crippen molar-refractivity contribution < 1.29 is 9.53 Å². The summed E-state index contributed by atoms with van der Waals surface area (Å²) in [6, 6.07) is 14.6. The van der Waals surface area contributed by atoms with Gasteiger partial charge in [0.2, 0.25) is 0 Å². The zero-order valence-electron chi connectivity index (χ0n) is 15.1. The maximum absolute atomic E-state index is 12.6. The highest BCUT2D eigenvalue weighted by Crippen LogP contribution is 2.23. The summed E-state index contributed by atoms with van der Waals surface area (Å²) in [4.78, 5) is 17.0. The van der Waals surface area contributed by atoms with Gasteiger partial charge in [-0.25, -0.2) is 9.78 Å². The molecule has 0 unspecified atom stereocenters. The Hall–Kier alpha value is -3.28. The fraction of sp³-hybridized carbons (Fsp3) is 0.200. The van der Waals surface area contributed by atoms with Gasteiger partial charge in [-0.1, -0.05) is 24.3 Å². The van der Waals surface area contributed by atoms with Crippen molar-refractivity contribution in [3.05, 3.63) is 77.9 Å². The molecule has 6 nitrogen and oxygen atoms in total. The first-order chi connectivity index (χ1) is 12.6. The van der Waals surface area contributed by atoms with Crippen LogP contribution in [0.15, 0.2) is 60.9 Å². The van der Waals surface area contributed by atoms with Crippen LogP contribution in [0.3, 0.4) is 0 Å². The first-order valence-electron chi connectivity index (χ1n) is 8.32. The van der Waals surface area contributed by atoms with Gasteiger partial charge in [0, 0.05) is 25.1 Å². The molecule has 0 saturated carbocycles. The summed E-state index contributed by atoms with van der Waals surface area (Å²) in [6.45, 7) is 1.98. The van der Waals surface area contributed by atoms with Crippen LogP contribution in [0.4, 0.5) is 10.5 Å². The number of aromatic nitrogens is 2. The molecule has 0 spiro atoms. The lowest BCUT2D eigenvalue weighted by Gasteiger charge is -2.20. The smallest absolute Gasteiger partial charge is 0.320 e. The van der Waals surface area contributed by atoms with E-state index in [2.05, 4.69) is 15.6 Å². The number of nitrogens with zero attached hydrogens (tertiary/aromatic N) is 2. The third-order valence-electron chi connectivity index (χ3n) is 4.12. The van der Waals surface area contributed by atoms with Crippen LogP contribution in [0.25, 0.3) is 0 Å². The van der Waals surface area contributed by atoms with Crippen LogP contribution in [-0.2, 0) is 7.05 Å². The second-order valence-electron chi connectivity index (χ2n) is 6.07. The maximum Gasteiger partial charge on any atom is 0.320 e. The van der Waals surface area contributed by atoms with E-state index >= 15 is 0 Å². The van der Waals surface area contributed by atoms with Crippen molar-refractivity contribution >= 4 is 11.7 Å². The molecule has 134 valence electrons. The number of imidazole rings is 1. The van der Waals surface area contributed by atoms with Crippen molar-refractivity contribution in [2.75, 3.05) is 12.4 Å². The zero-order chi connectivity index (χ0) is 18.5. The molecule has 2 amide bonds. The van der Waals surface area contributed by atoms with Gasteiger partial charge in [0.15, 0.2) is 0 Å². The summed E-state index contributed by atoms with van der Waals surface area (Å²) in [6.07, 6.45) is 3.57. The summed E-state index contributed by atoms with van der Waals surface area (Å²) in [7, 11) is 3.53. The molecule has 1 heterocycles. The lowest BCUT2D eigenvalue weighted by atomic mass is 10.1. The second kappa shape index (κ2) is 7.74. The first-order valence-corrected chi connectivity index (χ1v) is 8.32. The average molecular weight is 350 g/mol. The van der Waals surface area contributed by atoms with Gasteiger partial charge in [0.25, 0.3) is 0 Å². The summed E-state index contributed by atoms with van der Waals surface area (Å²) in [5.41, 5.74) is 2.74. The normalized spacial score (nSPS) is 11.7. The number of hydrogen-bond acceptors (Lipinski definition) is 3. The Morgan fingerprint density at radius 3 is 2.58 bits per heavy atom. The standard InChI is InChI=1S/C20H22N4O2/c1-14-5-4-6-16(13-14)22-20(25)23-18(19-21-11-12-24(19)2)15-7-9-17(26-3)10-8-15/h4-13,18H,1-3H3,(H2,22,23,25)/t18-/m1/s1. The van der Waals surface area contributed by atoms with Gasteiger partial charge in [0.05, 0.1) is 7.11 Å².